The average Bonchev–Trinajstić information content (AvgIpc) is 2.53. The van der Waals surface area contributed by atoms with E-state index in [-0.39, 0.29) is 0 Å². The van der Waals surface area contributed by atoms with Gasteiger partial charge in [-0.15, -0.1) is 0 Å². The summed E-state index contributed by atoms with van der Waals surface area (Å²) < 4.78 is 2.32. The van der Waals surface area contributed by atoms with Gasteiger partial charge in [0.2, 0.25) is 0 Å². The van der Waals surface area contributed by atoms with Crippen molar-refractivity contribution in [1.82, 2.24) is 14.9 Å². The Morgan fingerprint density at radius 1 is 1.47 bits per heavy atom. The summed E-state index contributed by atoms with van der Waals surface area (Å²) in [6.07, 6.45) is 4.45. The van der Waals surface area contributed by atoms with Crippen molar-refractivity contribution in [1.29, 1.82) is 0 Å². The van der Waals surface area contributed by atoms with Gasteiger partial charge in [0.1, 0.15) is 5.82 Å². The third kappa shape index (κ3) is 3.67. The molecule has 0 unspecified atom stereocenters. The maximum atomic E-state index is 4.37. The first kappa shape index (κ1) is 12.2. The maximum absolute atomic E-state index is 4.37. The van der Waals surface area contributed by atoms with Crippen LogP contribution in [-0.4, -0.2) is 15.6 Å². The van der Waals surface area contributed by atoms with Crippen LogP contribution < -0.4 is 5.32 Å². The van der Waals surface area contributed by atoms with E-state index >= 15 is 0 Å². The minimum absolute atomic E-state index is 0.528. The number of hydrogen-bond acceptors (Lipinski definition) is 2. The molecule has 0 aliphatic rings. The molecule has 0 aromatic carbocycles. The third-order valence-corrected chi connectivity index (χ3v) is 2.56. The van der Waals surface area contributed by atoms with Gasteiger partial charge in [-0.2, -0.15) is 0 Å². The Morgan fingerprint density at radius 3 is 2.80 bits per heavy atom. The number of hydrogen-bond donors (Lipinski definition) is 1. The molecule has 1 rings (SSSR count). The van der Waals surface area contributed by atoms with Gasteiger partial charge in [0.25, 0.3) is 0 Å². The molecular formula is C12H23N3. The average molecular weight is 209 g/mol. The van der Waals surface area contributed by atoms with Crippen LogP contribution in [0.3, 0.4) is 0 Å². The van der Waals surface area contributed by atoms with Crippen molar-refractivity contribution in [3.8, 4) is 0 Å². The highest BCUT2D eigenvalue weighted by molar-refractivity contribution is 5.04. The lowest BCUT2D eigenvalue weighted by molar-refractivity contribution is 0.538. The van der Waals surface area contributed by atoms with Gasteiger partial charge in [-0.05, 0) is 13.3 Å². The summed E-state index contributed by atoms with van der Waals surface area (Å²) in [5.41, 5.74) is 1.30. The van der Waals surface area contributed by atoms with Crippen LogP contribution in [0.2, 0.25) is 0 Å². The fraction of sp³-hybridized carbons (Fsp3) is 0.750. The van der Waals surface area contributed by atoms with Gasteiger partial charge < -0.3 is 9.88 Å². The Bertz CT molecular complexity index is 289. The molecular weight excluding hydrogens is 186 g/mol. The SMILES string of the molecule is CCCCn1c(CNC(C)C)cnc1C. The molecule has 1 N–H and O–H groups in total. The van der Waals surface area contributed by atoms with Crippen LogP contribution in [0.1, 0.15) is 45.1 Å². The highest BCUT2D eigenvalue weighted by atomic mass is 15.1. The number of rotatable bonds is 6. The molecule has 0 bridgehead atoms. The van der Waals surface area contributed by atoms with Gasteiger partial charge in [-0.3, -0.25) is 0 Å². The summed E-state index contributed by atoms with van der Waals surface area (Å²) >= 11 is 0. The second-order valence-corrected chi connectivity index (χ2v) is 4.34. The van der Waals surface area contributed by atoms with E-state index in [1.54, 1.807) is 0 Å². The lowest BCUT2D eigenvalue weighted by Crippen LogP contribution is -2.23. The Balaban J connectivity index is 2.61. The zero-order valence-electron chi connectivity index (χ0n) is 10.4. The van der Waals surface area contributed by atoms with E-state index in [2.05, 4.69) is 42.6 Å². The molecule has 0 atom stereocenters. The molecule has 3 nitrogen and oxygen atoms in total. The highest BCUT2D eigenvalue weighted by Gasteiger charge is 2.05. The molecule has 0 fully saturated rings. The zero-order valence-corrected chi connectivity index (χ0v) is 10.4. The van der Waals surface area contributed by atoms with Gasteiger partial charge in [0, 0.05) is 25.3 Å². The fourth-order valence-electron chi connectivity index (χ4n) is 1.59. The van der Waals surface area contributed by atoms with Crippen LogP contribution >= 0.6 is 0 Å². The van der Waals surface area contributed by atoms with Crippen molar-refractivity contribution < 1.29 is 0 Å². The summed E-state index contributed by atoms with van der Waals surface area (Å²) in [7, 11) is 0. The molecule has 1 aromatic rings. The second kappa shape index (κ2) is 5.91. The fourth-order valence-corrected chi connectivity index (χ4v) is 1.59. The zero-order chi connectivity index (χ0) is 11.3. The van der Waals surface area contributed by atoms with Crippen molar-refractivity contribution in [2.75, 3.05) is 0 Å². The lowest BCUT2D eigenvalue weighted by atomic mass is 10.3. The molecule has 0 saturated carbocycles. The molecule has 15 heavy (non-hydrogen) atoms. The van der Waals surface area contributed by atoms with Crippen LogP contribution in [-0.2, 0) is 13.1 Å². The Kier molecular flexibility index (Phi) is 4.82. The molecule has 0 saturated heterocycles. The van der Waals surface area contributed by atoms with Crippen LogP contribution in [0.15, 0.2) is 6.20 Å². The minimum Gasteiger partial charge on any atom is -0.331 e. The first-order chi connectivity index (χ1) is 7.15. The van der Waals surface area contributed by atoms with Gasteiger partial charge in [0.05, 0.1) is 5.69 Å². The second-order valence-electron chi connectivity index (χ2n) is 4.34. The smallest absolute Gasteiger partial charge is 0.105 e. The number of nitrogens with one attached hydrogen (secondary N) is 1. The topological polar surface area (TPSA) is 29.9 Å². The first-order valence-electron chi connectivity index (χ1n) is 5.89. The summed E-state index contributed by atoms with van der Waals surface area (Å²) in [4.78, 5) is 4.37. The third-order valence-electron chi connectivity index (χ3n) is 2.56. The lowest BCUT2D eigenvalue weighted by Gasteiger charge is -2.12. The predicted molar refractivity (Wildman–Crippen MR) is 63.8 cm³/mol. The molecule has 0 radical (unpaired) electrons. The van der Waals surface area contributed by atoms with Crippen LogP contribution in [0.4, 0.5) is 0 Å². The highest BCUT2D eigenvalue weighted by Crippen LogP contribution is 2.07. The summed E-state index contributed by atoms with van der Waals surface area (Å²) in [5.74, 6) is 1.13. The molecule has 0 amide bonds. The van der Waals surface area contributed by atoms with Crippen molar-refractivity contribution in [3.63, 3.8) is 0 Å². The largest absolute Gasteiger partial charge is 0.331 e. The first-order valence-corrected chi connectivity index (χ1v) is 5.89. The Morgan fingerprint density at radius 2 is 2.20 bits per heavy atom. The Labute approximate surface area is 92.9 Å². The molecule has 1 heterocycles. The van der Waals surface area contributed by atoms with Crippen molar-refractivity contribution in [2.24, 2.45) is 0 Å². The van der Waals surface area contributed by atoms with Gasteiger partial charge in [0.15, 0.2) is 0 Å². The number of unbranched alkanes of at least 4 members (excludes halogenated alkanes) is 1. The van der Waals surface area contributed by atoms with Gasteiger partial charge >= 0.3 is 0 Å². The van der Waals surface area contributed by atoms with Crippen LogP contribution in [0.5, 0.6) is 0 Å². The van der Waals surface area contributed by atoms with Gasteiger partial charge in [-0.25, -0.2) is 4.98 Å². The van der Waals surface area contributed by atoms with E-state index in [4.69, 9.17) is 0 Å². The van der Waals surface area contributed by atoms with Gasteiger partial charge in [-0.1, -0.05) is 27.2 Å². The van der Waals surface area contributed by atoms with E-state index in [0.29, 0.717) is 6.04 Å². The minimum atomic E-state index is 0.528. The number of aromatic nitrogens is 2. The standard InChI is InChI=1S/C12H23N3/c1-5-6-7-15-11(4)14-9-12(15)8-13-10(2)3/h9-10,13H,5-8H2,1-4H3. The van der Waals surface area contributed by atoms with E-state index in [1.807, 2.05) is 6.20 Å². The van der Waals surface area contributed by atoms with E-state index in [1.165, 1.54) is 18.5 Å². The van der Waals surface area contributed by atoms with Crippen molar-refractivity contribution in [2.45, 2.75) is 59.7 Å². The monoisotopic (exact) mass is 209 g/mol. The van der Waals surface area contributed by atoms with Crippen LogP contribution in [0, 0.1) is 6.92 Å². The predicted octanol–water partition coefficient (Wildman–Crippen LogP) is 2.49. The molecule has 0 aliphatic heterocycles. The van der Waals surface area contributed by atoms with E-state index < -0.39 is 0 Å². The molecule has 1 aromatic heterocycles. The number of aryl methyl sites for hydroxylation is 1. The molecule has 3 heteroatoms. The van der Waals surface area contributed by atoms with Crippen molar-refractivity contribution in [3.05, 3.63) is 17.7 Å². The normalized spacial score (nSPS) is 11.3. The molecule has 86 valence electrons. The number of nitrogens with zero attached hydrogens (tertiary/aromatic N) is 2. The van der Waals surface area contributed by atoms with Crippen LogP contribution in [0.25, 0.3) is 0 Å². The van der Waals surface area contributed by atoms with Crippen molar-refractivity contribution >= 4 is 0 Å². The Hall–Kier alpha value is -0.830. The molecule has 0 spiro atoms. The van der Waals surface area contributed by atoms with E-state index in [9.17, 15) is 0 Å². The molecule has 0 aliphatic carbocycles. The summed E-state index contributed by atoms with van der Waals surface area (Å²) in [6, 6.07) is 0.528. The van der Waals surface area contributed by atoms with E-state index in [0.717, 1.165) is 18.9 Å². The number of imidazole rings is 1. The quantitative estimate of drug-likeness (QED) is 0.780. The maximum Gasteiger partial charge on any atom is 0.105 e. The summed E-state index contributed by atoms with van der Waals surface area (Å²) in [5, 5.41) is 3.43. The summed E-state index contributed by atoms with van der Waals surface area (Å²) in [6.45, 7) is 10.6.